The fourth-order valence-corrected chi connectivity index (χ4v) is 4.97. The van der Waals surface area contributed by atoms with Gasteiger partial charge in [0.25, 0.3) is 0 Å². The highest BCUT2D eigenvalue weighted by molar-refractivity contribution is 5.93. The molecule has 5 heteroatoms. The molecule has 4 rings (SSSR count). The Bertz CT molecular complexity index is 798. The summed E-state index contributed by atoms with van der Waals surface area (Å²) >= 11 is 0. The van der Waals surface area contributed by atoms with Gasteiger partial charge in [-0.3, -0.25) is 9.59 Å². The Morgan fingerprint density at radius 2 is 2.04 bits per heavy atom. The van der Waals surface area contributed by atoms with Gasteiger partial charge in [-0.25, -0.2) is 0 Å². The fraction of sp³-hybridized carbons (Fsp3) is 0.545. The molecule has 0 radical (unpaired) electrons. The van der Waals surface area contributed by atoms with Crippen LogP contribution >= 0.6 is 0 Å². The molecule has 1 aromatic rings. The Hall–Kier alpha value is -2.14. The zero-order valence-electron chi connectivity index (χ0n) is 16.0. The van der Waals surface area contributed by atoms with Crippen molar-refractivity contribution in [2.75, 3.05) is 26.9 Å². The van der Waals surface area contributed by atoms with Gasteiger partial charge in [0.1, 0.15) is 11.3 Å². The molecule has 1 aliphatic heterocycles. The number of hydrogen-bond acceptors (Lipinski definition) is 5. The van der Waals surface area contributed by atoms with E-state index in [1.807, 2.05) is 30.4 Å². The number of benzene rings is 1. The Morgan fingerprint density at radius 3 is 2.85 bits per heavy atom. The second-order valence-electron chi connectivity index (χ2n) is 8.04. The minimum absolute atomic E-state index is 0.235. The molecule has 1 heterocycles. The van der Waals surface area contributed by atoms with Crippen molar-refractivity contribution in [2.45, 2.75) is 43.9 Å². The SMILES string of the molecule is COC(=O)[C@@H]1C=C[C@]23C(=O)OCCCCCOC[C@@]2(C)Cc2cccc1c23. The lowest BCUT2D eigenvalue weighted by Crippen LogP contribution is -2.51. The summed E-state index contributed by atoms with van der Waals surface area (Å²) in [5.41, 5.74) is 1.47. The minimum atomic E-state index is -0.923. The van der Waals surface area contributed by atoms with Gasteiger partial charge in [-0.05, 0) is 42.4 Å². The summed E-state index contributed by atoms with van der Waals surface area (Å²) in [6.07, 6.45) is 7.20. The number of carbonyl (C=O) groups is 2. The van der Waals surface area contributed by atoms with Crippen molar-refractivity contribution in [1.29, 1.82) is 0 Å². The number of rotatable bonds is 1. The maximum absolute atomic E-state index is 13.4. The standard InChI is InChI=1S/C22H26O5/c1-21-13-15-7-6-8-16-17(19(23)25-2)9-10-22(21,18(15)16)20(24)27-12-5-3-4-11-26-14-21/h6-10,17H,3-5,11-14H2,1-2H3/t17-,21-,22+/m1/s1. The van der Waals surface area contributed by atoms with E-state index in [-0.39, 0.29) is 11.9 Å². The van der Waals surface area contributed by atoms with E-state index >= 15 is 0 Å². The maximum atomic E-state index is 13.4. The van der Waals surface area contributed by atoms with Crippen LogP contribution in [0.5, 0.6) is 0 Å². The average Bonchev–Trinajstić information content (AvgIpc) is 2.93. The zero-order valence-corrected chi connectivity index (χ0v) is 16.0. The molecule has 0 N–H and O–H groups in total. The molecule has 3 atom stereocenters. The molecule has 2 aliphatic carbocycles. The smallest absolute Gasteiger partial charge is 0.321 e. The lowest BCUT2D eigenvalue weighted by Gasteiger charge is -2.42. The molecule has 1 fully saturated rings. The summed E-state index contributed by atoms with van der Waals surface area (Å²) in [6, 6.07) is 5.93. The van der Waals surface area contributed by atoms with Gasteiger partial charge >= 0.3 is 11.9 Å². The number of carbonyl (C=O) groups excluding carboxylic acids is 2. The third-order valence-electron chi connectivity index (χ3n) is 6.35. The molecule has 1 aromatic carbocycles. The van der Waals surface area contributed by atoms with E-state index < -0.39 is 16.7 Å². The third-order valence-corrected chi connectivity index (χ3v) is 6.35. The van der Waals surface area contributed by atoms with Crippen LogP contribution in [-0.4, -0.2) is 38.9 Å². The quantitative estimate of drug-likeness (QED) is 0.562. The van der Waals surface area contributed by atoms with Crippen LogP contribution in [0.25, 0.3) is 0 Å². The molecule has 0 bridgehead atoms. The van der Waals surface area contributed by atoms with Crippen molar-refractivity contribution in [1.82, 2.24) is 0 Å². The monoisotopic (exact) mass is 370 g/mol. The van der Waals surface area contributed by atoms with Gasteiger partial charge in [-0.15, -0.1) is 0 Å². The molecule has 27 heavy (non-hydrogen) atoms. The largest absolute Gasteiger partial charge is 0.468 e. The second-order valence-corrected chi connectivity index (χ2v) is 8.04. The fourth-order valence-electron chi connectivity index (χ4n) is 4.97. The van der Waals surface area contributed by atoms with E-state index in [2.05, 4.69) is 6.92 Å². The van der Waals surface area contributed by atoms with Gasteiger partial charge in [-0.2, -0.15) is 0 Å². The van der Waals surface area contributed by atoms with Crippen molar-refractivity contribution in [2.24, 2.45) is 5.41 Å². The molecule has 0 unspecified atom stereocenters. The number of methoxy groups -OCH3 is 1. The first-order chi connectivity index (χ1) is 13.0. The molecule has 3 aliphatic rings. The topological polar surface area (TPSA) is 61.8 Å². The van der Waals surface area contributed by atoms with E-state index in [9.17, 15) is 9.59 Å². The van der Waals surface area contributed by atoms with E-state index in [4.69, 9.17) is 14.2 Å². The van der Waals surface area contributed by atoms with Crippen LogP contribution in [0.3, 0.4) is 0 Å². The molecule has 1 saturated heterocycles. The van der Waals surface area contributed by atoms with Crippen molar-refractivity contribution in [3.63, 3.8) is 0 Å². The summed E-state index contributed by atoms with van der Waals surface area (Å²) in [5.74, 6) is -1.05. The van der Waals surface area contributed by atoms with E-state index in [0.29, 0.717) is 26.2 Å². The number of cyclic esters (lactones) is 1. The molecule has 0 aromatic heterocycles. The Balaban J connectivity index is 1.89. The van der Waals surface area contributed by atoms with E-state index in [0.717, 1.165) is 36.0 Å². The summed E-state index contributed by atoms with van der Waals surface area (Å²) in [7, 11) is 1.39. The molecular weight excluding hydrogens is 344 g/mol. The zero-order chi connectivity index (χ0) is 19.1. The summed E-state index contributed by atoms with van der Waals surface area (Å²) in [4.78, 5) is 25.8. The molecule has 144 valence electrons. The molecule has 5 nitrogen and oxygen atoms in total. The van der Waals surface area contributed by atoms with Crippen LogP contribution in [0, 0.1) is 5.41 Å². The van der Waals surface area contributed by atoms with Crippen LogP contribution in [0.1, 0.15) is 48.8 Å². The predicted octanol–water partition coefficient (Wildman–Crippen LogP) is 3.06. The Kier molecular flexibility index (Phi) is 4.58. The van der Waals surface area contributed by atoms with Crippen LogP contribution in [0.15, 0.2) is 30.4 Å². The first-order valence-corrected chi connectivity index (χ1v) is 9.68. The van der Waals surface area contributed by atoms with Gasteiger partial charge in [0.15, 0.2) is 0 Å². The van der Waals surface area contributed by atoms with E-state index in [1.165, 1.54) is 7.11 Å². The number of esters is 2. The first kappa shape index (κ1) is 18.2. The second kappa shape index (κ2) is 6.79. The van der Waals surface area contributed by atoms with Crippen LogP contribution in [0.4, 0.5) is 0 Å². The highest BCUT2D eigenvalue weighted by Crippen LogP contribution is 2.58. The molecule has 1 spiro atoms. The van der Waals surface area contributed by atoms with E-state index in [1.54, 1.807) is 0 Å². The van der Waals surface area contributed by atoms with Crippen LogP contribution < -0.4 is 0 Å². The normalized spacial score (nSPS) is 32.7. The van der Waals surface area contributed by atoms with Crippen LogP contribution in [-0.2, 0) is 35.6 Å². The van der Waals surface area contributed by atoms with Gasteiger partial charge < -0.3 is 14.2 Å². The van der Waals surface area contributed by atoms with Crippen LogP contribution in [0.2, 0.25) is 0 Å². The van der Waals surface area contributed by atoms with Gasteiger partial charge in [0.2, 0.25) is 0 Å². The van der Waals surface area contributed by atoms with Gasteiger partial charge in [0, 0.05) is 12.0 Å². The average molecular weight is 370 g/mol. The highest BCUT2D eigenvalue weighted by Gasteiger charge is 2.62. The van der Waals surface area contributed by atoms with Crippen molar-refractivity contribution < 1.29 is 23.8 Å². The number of hydrogen-bond donors (Lipinski definition) is 0. The lowest BCUT2D eigenvalue weighted by atomic mass is 9.61. The van der Waals surface area contributed by atoms with Crippen molar-refractivity contribution in [3.05, 3.63) is 47.0 Å². The van der Waals surface area contributed by atoms with Crippen molar-refractivity contribution >= 4 is 11.9 Å². The highest BCUT2D eigenvalue weighted by atomic mass is 16.5. The maximum Gasteiger partial charge on any atom is 0.321 e. The predicted molar refractivity (Wildman–Crippen MR) is 99.5 cm³/mol. The Morgan fingerprint density at radius 1 is 1.22 bits per heavy atom. The summed E-state index contributed by atoms with van der Waals surface area (Å²) < 4.78 is 16.8. The summed E-state index contributed by atoms with van der Waals surface area (Å²) in [6.45, 7) is 3.68. The minimum Gasteiger partial charge on any atom is -0.468 e. The molecule has 0 saturated carbocycles. The summed E-state index contributed by atoms with van der Waals surface area (Å²) in [5, 5.41) is 0. The number of ether oxygens (including phenoxy) is 3. The van der Waals surface area contributed by atoms with Gasteiger partial charge in [-0.1, -0.05) is 37.3 Å². The van der Waals surface area contributed by atoms with Crippen molar-refractivity contribution in [3.8, 4) is 0 Å². The Labute approximate surface area is 159 Å². The first-order valence-electron chi connectivity index (χ1n) is 9.68. The molecular formula is C22H26O5. The lowest BCUT2D eigenvalue weighted by molar-refractivity contribution is -0.155. The third kappa shape index (κ3) is 2.63. The van der Waals surface area contributed by atoms with Gasteiger partial charge in [0.05, 0.1) is 20.3 Å². The molecule has 0 amide bonds.